The fourth-order valence-corrected chi connectivity index (χ4v) is 0.800. The second-order valence-corrected chi connectivity index (χ2v) is 2.45. The van der Waals surface area contributed by atoms with Crippen LogP contribution in [0.2, 0.25) is 0 Å². The number of alkyl halides is 3. The lowest BCUT2D eigenvalue weighted by molar-refractivity contribution is -0.137. The number of likely N-dealkylation sites (N-methyl/N-ethyl adjacent to an activating group) is 1. The van der Waals surface area contributed by atoms with E-state index in [2.05, 4.69) is 5.32 Å². The van der Waals surface area contributed by atoms with Crippen molar-refractivity contribution >= 4 is 6.29 Å². The molecule has 0 aliphatic rings. The number of carbonyl (C=O) groups excluding carboxylic acids is 1. The van der Waals surface area contributed by atoms with Crippen LogP contribution in [-0.2, 0) is 4.79 Å². The minimum absolute atomic E-state index is 0.180. The molecule has 0 saturated heterocycles. The normalized spacial score (nSPS) is 14.3. The summed E-state index contributed by atoms with van der Waals surface area (Å²) < 4.78 is 34.9. The molecule has 0 aliphatic carbocycles. The first-order valence-electron chi connectivity index (χ1n) is 3.75. The maximum atomic E-state index is 11.6. The van der Waals surface area contributed by atoms with Gasteiger partial charge in [0.05, 0.1) is 6.04 Å². The highest BCUT2D eigenvalue weighted by Gasteiger charge is 2.27. The summed E-state index contributed by atoms with van der Waals surface area (Å²) in [5, 5.41) is 2.64. The predicted octanol–water partition coefficient (Wildman–Crippen LogP) is 1.51. The van der Waals surface area contributed by atoms with Gasteiger partial charge in [0.15, 0.2) is 0 Å². The molecule has 0 bridgehead atoms. The predicted molar refractivity (Wildman–Crippen MR) is 38.8 cm³/mol. The Morgan fingerprint density at radius 1 is 1.50 bits per heavy atom. The van der Waals surface area contributed by atoms with Crippen molar-refractivity contribution in [2.24, 2.45) is 0 Å². The molecule has 72 valence electrons. The van der Waals surface area contributed by atoms with Crippen molar-refractivity contribution in [2.75, 3.05) is 6.54 Å². The molecule has 2 nitrogen and oxygen atoms in total. The van der Waals surface area contributed by atoms with Gasteiger partial charge < -0.3 is 10.1 Å². The van der Waals surface area contributed by atoms with Crippen LogP contribution in [0.25, 0.3) is 0 Å². The van der Waals surface area contributed by atoms with Crippen LogP contribution in [0.1, 0.15) is 19.8 Å². The number of nitrogens with one attached hydrogen (secondary N) is 1. The zero-order valence-corrected chi connectivity index (χ0v) is 6.82. The van der Waals surface area contributed by atoms with Crippen molar-refractivity contribution in [3.05, 3.63) is 0 Å². The smallest absolute Gasteiger partial charge is 0.308 e. The summed E-state index contributed by atoms with van der Waals surface area (Å²) in [7, 11) is 0. The average molecular weight is 183 g/mol. The summed E-state index contributed by atoms with van der Waals surface area (Å²) in [6.07, 6.45) is -4.75. The van der Waals surface area contributed by atoms with Gasteiger partial charge in [0.1, 0.15) is 6.29 Å². The van der Waals surface area contributed by atoms with E-state index in [0.29, 0.717) is 12.8 Å². The van der Waals surface area contributed by atoms with Crippen LogP contribution in [0.5, 0.6) is 0 Å². The molecule has 0 fully saturated rings. The highest BCUT2D eigenvalue weighted by Crippen LogP contribution is 2.21. The summed E-state index contributed by atoms with van der Waals surface area (Å²) in [5.74, 6) is 0. The summed E-state index contributed by atoms with van der Waals surface area (Å²) >= 11 is 0. The molecule has 0 radical (unpaired) electrons. The Hall–Kier alpha value is -0.580. The Morgan fingerprint density at radius 3 is 2.42 bits per heavy atom. The molecule has 0 amide bonds. The maximum absolute atomic E-state index is 11.6. The third-order valence-electron chi connectivity index (χ3n) is 1.37. The molecule has 0 aromatic carbocycles. The molecule has 0 saturated carbocycles. The number of carbonyl (C=O) groups is 1. The molecule has 1 unspecified atom stereocenters. The number of hydrogen-bond acceptors (Lipinski definition) is 2. The lowest BCUT2D eigenvalue weighted by Crippen LogP contribution is -2.31. The van der Waals surface area contributed by atoms with Crippen LogP contribution in [-0.4, -0.2) is 25.0 Å². The fraction of sp³-hybridized carbons (Fsp3) is 0.857. The van der Waals surface area contributed by atoms with Gasteiger partial charge in [-0.25, -0.2) is 0 Å². The van der Waals surface area contributed by atoms with Gasteiger partial charge in [0.25, 0.3) is 0 Å². The number of halogens is 3. The molecular formula is C7H12F3NO. The summed E-state index contributed by atoms with van der Waals surface area (Å²) in [5.41, 5.74) is 0. The SMILES string of the molecule is CCNC(C=O)CCC(F)(F)F. The molecule has 0 heterocycles. The van der Waals surface area contributed by atoms with Crippen molar-refractivity contribution in [3.8, 4) is 0 Å². The van der Waals surface area contributed by atoms with E-state index in [9.17, 15) is 18.0 Å². The first-order chi connectivity index (χ1) is 5.49. The number of hydrogen-bond donors (Lipinski definition) is 1. The second kappa shape index (κ2) is 5.13. The van der Waals surface area contributed by atoms with Crippen molar-refractivity contribution in [3.63, 3.8) is 0 Å². The molecule has 12 heavy (non-hydrogen) atoms. The fourth-order valence-electron chi connectivity index (χ4n) is 0.800. The largest absolute Gasteiger partial charge is 0.389 e. The zero-order valence-electron chi connectivity index (χ0n) is 6.82. The van der Waals surface area contributed by atoms with Gasteiger partial charge in [-0.1, -0.05) is 6.92 Å². The average Bonchev–Trinajstić information content (AvgIpc) is 1.96. The lowest BCUT2D eigenvalue weighted by Gasteiger charge is -2.11. The van der Waals surface area contributed by atoms with E-state index in [1.807, 2.05) is 0 Å². The van der Waals surface area contributed by atoms with Gasteiger partial charge in [-0.2, -0.15) is 13.2 Å². The minimum Gasteiger partial charge on any atom is -0.308 e. The highest BCUT2D eigenvalue weighted by molar-refractivity contribution is 5.57. The molecule has 5 heteroatoms. The van der Waals surface area contributed by atoms with Gasteiger partial charge in [-0.05, 0) is 13.0 Å². The zero-order chi connectivity index (χ0) is 9.61. The molecule has 0 aromatic rings. The molecule has 1 N–H and O–H groups in total. The summed E-state index contributed by atoms with van der Waals surface area (Å²) in [6.45, 7) is 2.24. The molecule has 0 spiro atoms. The topological polar surface area (TPSA) is 29.1 Å². The van der Waals surface area contributed by atoms with E-state index in [0.717, 1.165) is 0 Å². The van der Waals surface area contributed by atoms with Gasteiger partial charge in [0, 0.05) is 6.42 Å². The van der Waals surface area contributed by atoms with E-state index in [1.165, 1.54) is 0 Å². The van der Waals surface area contributed by atoms with E-state index in [1.54, 1.807) is 6.92 Å². The molecular weight excluding hydrogens is 171 g/mol. The van der Waals surface area contributed by atoms with E-state index in [-0.39, 0.29) is 6.42 Å². The standard InChI is InChI=1S/C7H12F3NO/c1-2-11-6(5-12)3-4-7(8,9)10/h5-6,11H,2-4H2,1H3. The second-order valence-electron chi connectivity index (χ2n) is 2.45. The van der Waals surface area contributed by atoms with Crippen LogP contribution in [0.3, 0.4) is 0 Å². The van der Waals surface area contributed by atoms with E-state index < -0.39 is 18.6 Å². The third kappa shape index (κ3) is 6.15. The van der Waals surface area contributed by atoms with Crippen LogP contribution in [0, 0.1) is 0 Å². The quantitative estimate of drug-likeness (QED) is 0.654. The van der Waals surface area contributed by atoms with Crippen LogP contribution in [0.15, 0.2) is 0 Å². The Morgan fingerprint density at radius 2 is 2.08 bits per heavy atom. The van der Waals surface area contributed by atoms with Crippen molar-refractivity contribution in [1.82, 2.24) is 5.32 Å². The van der Waals surface area contributed by atoms with Crippen molar-refractivity contribution in [1.29, 1.82) is 0 Å². The first kappa shape index (κ1) is 11.4. The summed E-state index contributed by atoms with van der Waals surface area (Å²) in [4.78, 5) is 10.2. The Bertz CT molecular complexity index is 135. The monoisotopic (exact) mass is 183 g/mol. The van der Waals surface area contributed by atoms with Gasteiger partial charge >= 0.3 is 6.18 Å². The van der Waals surface area contributed by atoms with Crippen LogP contribution < -0.4 is 5.32 Å². The number of aldehydes is 1. The Balaban J connectivity index is 3.65. The van der Waals surface area contributed by atoms with Gasteiger partial charge in [-0.15, -0.1) is 0 Å². The van der Waals surface area contributed by atoms with Crippen LogP contribution >= 0.6 is 0 Å². The van der Waals surface area contributed by atoms with Crippen LogP contribution in [0.4, 0.5) is 13.2 Å². The maximum Gasteiger partial charge on any atom is 0.389 e. The van der Waals surface area contributed by atoms with Crippen molar-refractivity contribution < 1.29 is 18.0 Å². The molecule has 0 rings (SSSR count). The minimum atomic E-state index is -4.17. The Labute approximate surface area is 69.1 Å². The Kier molecular flexibility index (Phi) is 4.89. The first-order valence-corrected chi connectivity index (χ1v) is 3.75. The van der Waals surface area contributed by atoms with E-state index >= 15 is 0 Å². The summed E-state index contributed by atoms with van der Waals surface area (Å²) in [6, 6.07) is -0.670. The van der Waals surface area contributed by atoms with Crippen molar-refractivity contribution in [2.45, 2.75) is 32.0 Å². The molecule has 0 aromatic heterocycles. The lowest BCUT2D eigenvalue weighted by atomic mass is 10.2. The molecule has 0 aliphatic heterocycles. The van der Waals surface area contributed by atoms with Gasteiger partial charge in [-0.3, -0.25) is 0 Å². The van der Waals surface area contributed by atoms with E-state index in [4.69, 9.17) is 0 Å². The molecule has 1 atom stereocenters. The number of rotatable bonds is 5. The highest BCUT2D eigenvalue weighted by atomic mass is 19.4. The van der Waals surface area contributed by atoms with Gasteiger partial charge in [0.2, 0.25) is 0 Å². The third-order valence-corrected chi connectivity index (χ3v) is 1.37.